The number of halogens is 3. The average molecular weight is 365 g/mol. The van der Waals surface area contributed by atoms with Gasteiger partial charge in [-0.25, -0.2) is 4.98 Å². The maximum absolute atomic E-state index is 5.94. The molecule has 5 heteroatoms. The Balaban J connectivity index is 2.62. The Morgan fingerprint density at radius 1 is 1.06 bits per heavy atom. The van der Waals surface area contributed by atoms with E-state index in [1.54, 1.807) is 12.3 Å². The Bertz CT molecular complexity index is 523. The highest BCUT2D eigenvalue weighted by Gasteiger charge is 2.06. The van der Waals surface area contributed by atoms with Crippen molar-refractivity contribution >= 4 is 51.6 Å². The summed E-state index contributed by atoms with van der Waals surface area (Å²) in [6.45, 7) is 0. The number of nitrogens with two attached hydrogens (primary N) is 1. The molecule has 0 fully saturated rings. The summed E-state index contributed by atoms with van der Waals surface area (Å²) < 4.78 is 1.01. The van der Waals surface area contributed by atoms with Crippen molar-refractivity contribution in [3.05, 3.63) is 44.1 Å². The van der Waals surface area contributed by atoms with Gasteiger partial charge in [0.1, 0.15) is 5.82 Å². The van der Waals surface area contributed by atoms with Crippen LogP contribution in [0.1, 0.15) is 0 Å². The maximum atomic E-state index is 5.94. The van der Waals surface area contributed by atoms with Crippen LogP contribution in [0.15, 0.2) is 30.5 Å². The van der Waals surface area contributed by atoms with Crippen LogP contribution in [0.2, 0.25) is 10.0 Å². The third-order valence-electron chi connectivity index (χ3n) is 2.06. The monoisotopic (exact) mass is 364 g/mol. The van der Waals surface area contributed by atoms with Crippen LogP contribution in [0.25, 0.3) is 11.1 Å². The number of hydrogen-bond acceptors (Lipinski definition) is 2. The fourth-order valence-electron chi connectivity index (χ4n) is 1.39. The van der Waals surface area contributed by atoms with Crippen molar-refractivity contribution in [3.63, 3.8) is 0 Å². The zero-order chi connectivity index (χ0) is 11.7. The van der Waals surface area contributed by atoms with E-state index in [9.17, 15) is 0 Å². The summed E-state index contributed by atoms with van der Waals surface area (Å²) >= 11 is 14.1. The number of aromatic nitrogens is 1. The minimum Gasteiger partial charge on any atom is -0.383 e. The van der Waals surface area contributed by atoms with Gasteiger partial charge in [0.2, 0.25) is 0 Å². The van der Waals surface area contributed by atoms with E-state index < -0.39 is 0 Å². The molecule has 1 heterocycles. The summed E-state index contributed by atoms with van der Waals surface area (Å²) in [5.41, 5.74) is 7.54. The van der Waals surface area contributed by atoms with Crippen molar-refractivity contribution in [1.82, 2.24) is 4.98 Å². The SMILES string of the molecule is Nc1ncc(I)cc1-c1cc(Cl)cc(Cl)c1. The van der Waals surface area contributed by atoms with E-state index in [0.29, 0.717) is 15.9 Å². The summed E-state index contributed by atoms with van der Waals surface area (Å²) in [7, 11) is 0. The van der Waals surface area contributed by atoms with Gasteiger partial charge in [-0.3, -0.25) is 0 Å². The van der Waals surface area contributed by atoms with E-state index in [0.717, 1.165) is 14.7 Å². The summed E-state index contributed by atoms with van der Waals surface area (Å²) in [6.07, 6.45) is 1.71. The van der Waals surface area contributed by atoms with Crippen molar-refractivity contribution in [2.45, 2.75) is 0 Å². The highest BCUT2D eigenvalue weighted by atomic mass is 127. The first-order valence-electron chi connectivity index (χ1n) is 4.44. The van der Waals surface area contributed by atoms with Gasteiger partial charge in [-0.05, 0) is 52.4 Å². The Morgan fingerprint density at radius 2 is 1.69 bits per heavy atom. The molecule has 0 atom stereocenters. The molecule has 2 aromatic rings. The largest absolute Gasteiger partial charge is 0.383 e. The molecule has 16 heavy (non-hydrogen) atoms. The quantitative estimate of drug-likeness (QED) is 0.768. The topological polar surface area (TPSA) is 38.9 Å². The lowest BCUT2D eigenvalue weighted by molar-refractivity contribution is 1.32. The van der Waals surface area contributed by atoms with Gasteiger partial charge in [-0.2, -0.15) is 0 Å². The Kier molecular flexibility index (Phi) is 3.56. The molecule has 82 valence electrons. The number of anilines is 1. The summed E-state index contributed by atoms with van der Waals surface area (Å²) in [5, 5.41) is 1.17. The Labute approximate surface area is 117 Å². The van der Waals surface area contributed by atoms with Gasteiger partial charge < -0.3 is 5.73 Å². The van der Waals surface area contributed by atoms with E-state index in [1.165, 1.54) is 0 Å². The van der Waals surface area contributed by atoms with Crippen molar-refractivity contribution in [2.24, 2.45) is 0 Å². The molecule has 2 nitrogen and oxygen atoms in total. The molecule has 0 aliphatic rings. The molecule has 0 radical (unpaired) electrons. The van der Waals surface area contributed by atoms with Gasteiger partial charge in [0.15, 0.2) is 0 Å². The van der Waals surface area contributed by atoms with E-state index in [2.05, 4.69) is 27.6 Å². The van der Waals surface area contributed by atoms with Crippen molar-refractivity contribution in [1.29, 1.82) is 0 Å². The van der Waals surface area contributed by atoms with Gasteiger partial charge in [-0.1, -0.05) is 23.2 Å². The second-order valence-corrected chi connectivity index (χ2v) is 5.36. The Morgan fingerprint density at radius 3 is 2.31 bits per heavy atom. The van der Waals surface area contributed by atoms with Crippen LogP contribution in [-0.4, -0.2) is 4.98 Å². The molecule has 0 aliphatic heterocycles. The lowest BCUT2D eigenvalue weighted by Gasteiger charge is -2.06. The van der Waals surface area contributed by atoms with Crippen LogP contribution < -0.4 is 5.73 Å². The zero-order valence-corrected chi connectivity index (χ0v) is 11.7. The standard InChI is InChI=1S/C11H7Cl2IN2/c12-7-1-6(2-8(13)3-7)10-4-9(14)5-16-11(10)15/h1-5H,(H2,15,16). The molecule has 0 spiro atoms. The lowest BCUT2D eigenvalue weighted by atomic mass is 10.1. The van der Waals surface area contributed by atoms with Crippen LogP contribution in [0.5, 0.6) is 0 Å². The van der Waals surface area contributed by atoms with Crippen LogP contribution in [0.3, 0.4) is 0 Å². The van der Waals surface area contributed by atoms with Crippen LogP contribution in [0.4, 0.5) is 5.82 Å². The minimum atomic E-state index is 0.471. The molecule has 0 saturated carbocycles. The molecule has 0 amide bonds. The second kappa shape index (κ2) is 4.77. The molecular weight excluding hydrogens is 358 g/mol. The first kappa shape index (κ1) is 12.0. The molecule has 2 rings (SSSR count). The number of rotatable bonds is 1. The summed E-state index contributed by atoms with van der Waals surface area (Å²) in [5.74, 6) is 0.471. The van der Waals surface area contributed by atoms with Crippen molar-refractivity contribution in [2.75, 3.05) is 5.73 Å². The van der Waals surface area contributed by atoms with Gasteiger partial charge in [-0.15, -0.1) is 0 Å². The average Bonchev–Trinajstić information content (AvgIpc) is 2.20. The molecule has 0 aliphatic carbocycles. The van der Waals surface area contributed by atoms with Crippen LogP contribution >= 0.6 is 45.8 Å². The van der Waals surface area contributed by atoms with Crippen molar-refractivity contribution < 1.29 is 0 Å². The van der Waals surface area contributed by atoms with Crippen LogP contribution in [-0.2, 0) is 0 Å². The zero-order valence-electron chi connectivity index (χ0n) is 8.05. The summed E-state index contributed by atoms with van der Waals surface area (Å²) in [4.78, 5) is 4.10. The highest BCUT2D eigenvalue weighted by molar-refractivity contribution is 14.1. The molecular formula is C11H7Cl2IN2. The molecule has 1 aromatic carbocycles. The van der Waals surface area contributed by atoms with Gasteiger partial charge in [0.25, 0.3) is 0 Å². The van der Waals surface area contributed by atoms with E-state index in [1.807, 2.05) is 18.2 Å². The fourth-order valence-corrected chi connectivity index (χ4v) is 2.37. The lowest BCUT2D eigenvalue weighted by Crippen LogP contribution is -1.94. The molecule has 0 unspecified atom stereocenters. The van der Waals surface area contributed by atoms with Gasteiger partial charge in [0.05, 0.1) is 0 Å². The fraction of sp³-hybridized carbons (Fsp3) is 0. The molecule has 0 saturated heterocycles. The molecule has 1 aromatic heterocycles. The first-order chi connectivity index (χ1) is 7.56. The van der Waals surface area contributed by atoms with E-state index in [-0.39, 0.29) is 0 Å². The number of nitrogens with zero attached hydrogens (tertiary/aromatic N) is 1. The molecule has 2 N–H and O–H groups in total. The predicted octanol–water partition coefficient (Wildman–Crippen LogP) is 4.24. The first-order valence-corrected chi connectivity index (χ1v) is 6.27. The van der Waals surface area contributed by atoms with Gasteiger partial charge >= 0.3 is 0 Å². The predicted molar refractivity (Wildman–Crippen MR) is 76.8 cm³/mol. The van der Waals surface area contributed by atoms with Gasteiger partial charge in [0, 0.05) is 25.4 Å². The second-order valence-electron chi connectivity index (χ2n) is 3.24. The smallest absolute Gasteiger partial charge is 0.131 e. The Hall–Kier alpha value is -0.520. The number of pyridine rings is 1. The number of hydrogen-bond donors (Lipinski definition) is 1. The van der Waals surface area contributed by atoms with Crippen molar-refractivity contribution in [3.8, 4) is 11.1 Å². The normalized spacial score (nSPS) is 10.4. The van der Waals surface area contributed by atoms with E-state index >= 15 is 0 Å². The highest BCUT2D eigenvalue weighted by Crippen LogP contribution is 2.30. The summed E-state index contributed by atoms with van der Waals surface area (Å²) in [6, 6.07) is 7.27. The third-order valence-corrected chi connectivity index (χ3v) is 3.09. The number of nitrogen functional groups attached to an aromatic ring is 1. The van der Waals surface area contributed by atoms with E-state index in [4.69, 9.17) is 28.9 Å². The minimum absolute atomic E-state index is 0.471. The molecule has 0 bridgehead atoms. The number of benzene rings is 1. The maximum Gasteiger partial charge on any atom is 0.131 e. The van der Waals surface area contributed by atoms with Crippen LogP contribution in [0, 0.1) is 3.57 Å². The third kappa shape index (κ3) is 2.59.